The van der Waals surface area contributed by atoms with Gasteiger partial charge in [-0.15, -0.1) is 0 Å². The molecule has 1 aliphatic rings. The van der Waals surface area contributed by atoms with Crippen LogP contribution in [0.5, 0.6) is 5.88 Å². The zero-order chi connectivity index (χ0) is 13.1. The molecule has 3 rings (SSSR count). The van der Waals surface area contributed by atoms with Gasteiger partial charge in [0.25, 0.3) is 0 Å². The average molecular weight is 257 g/mol. The molecule has 0 aliphatic carbocycles. The Hall–Kier alpha value is -1.81. The molecule has 0 saturated carbocycles. The molecule has 2 aromatic rings. The first kappa shape index (κ1) is 12.2. The van der Waals surface area contributed by atoms with Gasteiger partial charge in [-0.25, -0.2) is 4.98 Å². The van der Waals surface area contributed by atoms with E-state index in [2.05, 4.69) is 34.5 Å². The van der Waals surface area contributed by atoms with Crippen molar-refractivity contribution in [3.8, 4) is 5.88 Å². The molecule has 0 aromatic carbocycles. The van der Waals surface area contributed by atoms with Crippen LogP contribution in [0, 0.1) is 0 Å². The van der Waals surface area contributed by atoms with Crippen molar-refractivity contribution in [2.24, 2.45) is 0 Å². The van der Waals surface area contributed by atoms with Gasteiger partial charge in [0.2, 0.25) is 5.88 Å². The lowest BCUT2D eigenvalue weighted by atomic mass is 10.0. The van der Waals surface area contributed by atoms with E-state index in [1.165, 1.54) is 11.1 Å². The van der Waals surface area contributed by atoms with E-state index in [1.807, 2.05) is 12.1 Å². The Labute approximate surface area is 112 Å². The minimum Gasteiger partial charge on any atom is -0.478 e. The lowest BCUT2D eigenvalue weighted by Crippen LogP contribution is -2.19. The van der Waals surface area contributed by atoms with Crippen molar-refractivity contribution in [2.45, 2.75) is 19.8 Å². The Morgan fingerprint density at radius 2 is 2.32 bits per heavy atom. The molecular formula is C15H19N3O. The summed E-state index contributed by atoms with van der Waals surface area (Å²) < 4.78 is 5.62. The van der Waals surface area contributed by atoms with E-state index in [0.29, 0.717) is 12.5 Å². The molecule has 0 saturated heterocycles. The molecule has 4 heteroatoms. The van der Waals surface area contributed by atoms with Crippen molar-refractivity contribution >= 4 is 16.6 Å². The van der Waals surface area contributed by atoms with Crippen LogP contribution in [0.1, 0.15) is 25.3 Å². The van der Waals surface area contributed by atoms with E-state index in [0.717, 1.165) is 37.0 Å². The third-order valence-electron chi connectivity index (χ3n) is 3.36. The molecule has 0 amide bonds. The van der Waals surface area contributed by atoms with Crippen LogP contribution in [0.25, 0.3) is 16.6 Å². The molecule has 0 fully saturated rings. The average Bonchev–Trinajstić information content (AvgIpc) is 2.89. The molecule has 0 bridgehead atoms. The number of fused-ring (bicyclic) bond motifs is 1. The summed E-state index contributed by atoms with van der Waals surface area (Å²) in [4.78, 5) is 7.92. The Kier molecular flexibility index (Phi) is 3.51. The summed E-state index contributed by atoms with van der Waals surface area (Å²) in [5.41, 5.74) is 4.66. The van der Waals surface area contributed by atoms with E-state index in [1.54, 1.807) is 0 Å². The summed E-state index contributed by atoms with van der Waals surface area (Å²) in [5.74, 6) is 0.713. The third kappa shape index (κ3) is 2.49. The summed E-state index contributed by atoms with van der Waals surface area (Å²) in [6.07, 6.45) is 6.34. The molecule has 1 aliphatic heterocycles. The summed E-state index contributed by atoms with van der Waals surface area (Å²) in [6.45, 7) is 4.78. The van der Waals surface area contributed by atoms with Crippen molar-refractivity contribution in [1.82, 2.24) is 15.3 Å². The third-order valence-corrected chi connectivity index (χ3v) is 3.36. The second kappa shape index (κ2) is 5.45. The summed E-state index contributed by atoms with van der Waals surface area (Å²) in [5, 5.41) is 3.33. The van der Waals surface area contributed by atoms with Gasteiger partial charge in [0.05, 0.1) is 17.6 Å². The van der Waals surface area contributed by atoms with Crippen molar-refractivity contribution in [3.63, 3.8) is 0 Å². The topological polar surface area (TPSA) is 49.9 Å². The first-order valence-corrected chi connectivity index (χ1v) is 6.89. The lowest BCUT2D eigenvalue weighted by molar-refractivity contribution is 0.306. The molecule has 19 heavy (non-hydrogen) atoms. The number of rotatable bonds is 4. The Morgan fingerprint density at radius 3 is 3.11 bits per heavy atom. The van der Waals surface area contributed by atoms with Gasteiger partial charge in [-0.2, -0.15) is 0 Å². The van der Waals surface area contributed by atoms with Gasteiger partial charge in [0.15, 0.2) is 0 Å². The number of nitrogens with one attached hydrogen (secondary N) is 2. The van der Waals surface area contributed by atoms with Crippen LogP contribution in [0.2, 0.25) is 0 Å². The number of hydrogen-bond acceptors (Lipinski definition) is 3. The van der Waals surface area contributed by atoms with E-state index in [-0.39, 0.29) is 0 Å². The van der Waals surface area contributed by atoms with Gasteiger partial charge in [0, 0.05) is 24.4 Å². The monoisotopic (exact) mass is 257 g/mol. The van der Waals surface area contributed by atoms with Gasteiger partial charge in [0.1, 0.15) is 0 Å². The molecule has 4 nitrogen and oxygen atoms in total. The van der Waals surface area contributed by atoms with Crippen LogP contribution in [0.4, 0.5) is 0 Å². The highest BCUT2D eigenvalue weighted by molar-refractivity contribution is 5.90. The van der Waals surface area contributed by atoms with Crippen LogP contribution < -0.4 is 10.1 Å². The van der Waals surface area contributed by atoms with E-state index in [4.69, 9.17) is 4.74 Å². The molecule has 0 unspecified atom stereocenters. The minimum absolute atomic E-state index is 0.713. The fourth-order valence-corrected chi connectivity index (χ4v) is 2.38. The highest BCUT2D eigenvalue weighted by atomic mass is 16.5. The van der Waals surface area contributed by atoms with Crippen LogP contribution in [0.15, 0.2) is 24.4 Å². The number of ether oxygens (including phenoxy) is 1. The Balaban J connectivity index is 1.97. The zero-order valence-electron chi connectivity index (χ0n) is 11.2. The molecule has 0 radical (unpaired) electrons. The van der Waals surface area contributed by atoms with Crippen LogP contribution in [-0.2, 0) is 0 Å². The Morgan fingerprint density at radius 1 is 1.37 bits per heavy atom. The first-order chi connectivity index (χ1) is 9.38. The second-order valence-corrected chi connectivity index (χ2v) is 4.78. The van der Waals surface area contributed by atoms with Crippen LogP contribution in [0.3, 0.4) is 0 Å². The molecule has 100 valence electrons. The van der Waals surface area contributed by atoms with E-state index >= 15 is 0 Å². The lowest BCUT2D eigenvalue weighted by Gasteiger charge is -2.13. The van der Waals surface area contributed by atoms with Crippen molar-refractivity contribution in [3.05, 3.63) is 30.0 Å². The summed E-state index contributed by atoms with van der Waals surface area (Å²) in [6, 6.07) is 3.97. The molecule has 3 heterocycles. The summed E-state index contributed by atoms with van der Waals surface area (Å²) >= 11 is 0. The van der Waals surface area contributed by atoms with E-state index in [9.17, 15) is 0 Å². The fraction of sp³-hybridized carbons (Fsp3) is 0.400. The van der Waals surface area contributed by atoms with Gasteiger partial charge in [-0.3, -0.25) is 0 Å². The molecular weight excluding hydrogens is 238 g/mol. The SMILES string of the molecule is CCCOc1ccc2[nH]cc(C3=CCNCC3)c2n1. The van der Waals surface area contributed by atoms with Crippen molar-refractivity contribution < 1.29 is 4.74 Å². The normalized spacial score (nSPS) is 15.5. The molecule has 2 N–H and O–H groups in total. The van der Waals surface area contributed by atoms with E-state index < -0.39 is 0 Å². The second-order valence-electron chi connectivity index (χ2n) is 4.78. The number of aromatic amines is 1. The molecule has 0 spiro atoms. The minimum atomic E-state index is 0.713. The van der Waals surface area contributed by atoms with Gasteiger partial charge in [-0.1, -0.05) is 13.0 Å². The van der Waals surface area contributed by atoms with Gasteiger partial charge >= 0.3 is 0 Å². The van der Waals surface area contributed by atoms with Crippen molar-refractivity contribution in [1.29, 1.82) is 0 Å². The number of pyridine rings is 1. The number of nitrogens with zero attached hydrogens (tertiary/aromatic N) is 1. The highest BCUT2D eigenvalue weighted by Gasteiger charge is 2.12. The van der Waals surface area contributed by atoms with Crippen LogP contribution in [-0.4, -0.2) is 29.7 Å². The van der Waals surface area contributed by atoms with Crippen LogP contribution >= 0.6 is 0 Å². The van der Waals surface area contributed by atoms with Gasteiger partial charge in [-0.05, 0) is 31.0 Å². The standard InChI is InChI=1S/C15H19N3O/c1-2-9-19-14-4-3-13-15(18-14)12(10-17-13)11-5-7-16-8-6-11/h3-5,10,16-17H,2,6-9H2,1H3. The highest BCUT2D eigenvalue weighted by Crippen LogP contribution is 2.28. The smallest absolute Gasteiger partial charge is 0.213 e. The maximum Gasteiger partial charge on any atom is 0.213 e. The Bertz CT molecular complexity index is 600. The molecule has 2 aromatic heterocycles. The summed E-state index contributed by atoms with van der Waals surface area (Å²) in [7, 11) is 0. The zero-order valence-corrected chi connectivity index (χ0v) is 11.2. The number of H-pyrrole nitrogens is 1. The van der Waals surface area contributed by atoms with Crippen molar-refractivity contribution in [2.75, 3.05) is 19.7 Å². The first-order valence-electron chi connectivity index (χ1n) is 6.89. The molecule has 0 atom stereocenters. The maximum absolute atomic E-state index is 5.62. The number of aromatic nitrogens is 2. The quantitative estimate of drug-likeness (QED) is 0.885. The predicted octanol–water partition coefficient (Wildman–Crippen LogP) is 2.73. The largest absolute Gasteiger partial charge is 0.478 e. The van der Waals surface area contributed by atoms with Gasteiger partial charge < -0.3 is 15.0 Å². The fourth-order valence-electron chi connectivity index (χ4n) is 2.38. The maximum atomic E-state index is 5.62. The predicted molar refractivity (Wildman–Crippen MR) is 77.3 cm³/mol. The number of hydrogen-bond donors (Lipinski definition) is 2.